The summed E-state index contributed by atoms with van der Waals surface area (Å²) in [5, 5.41) is 2.78. The molecule has 0 spiro atoms. The molecule has 1 saturated carbocycles. The quantitative estimate of drug-likeness (QED) is 0.900. The van der Waals surface area contributed by atoms with Gasteiger partial charge in [0.15, 0.2) is 0 Å². The van der Waals surface area contributed by atoms with Crippen LogP contribution in [0.2, 0.25) is 0 Å². The van der Waals surface area contributed by atoms with Crippen molar-refractivity contribution < 1.29 is 9.59 Å². The fourth-order valence-corrected chi connectivity index (χ4v) is 3.03. The number of carbonyl (C=O) groups is 2. The largest absolute Gasteiger partial charge is 0.340 e. The third-order valence-corrected chi connectivity index (χ3v) is 4.60. The van der Waals surface area contributed by atoms with Gasteiger partial charge in [0, 0.05) is 51.3 Å². The van der Waals surface area contributed by atoms with E-state index >= 15 is 0 Å². The Hall–Kier alpha value is -1.88. The van der Waals surface area contributed by atoms with Crippen molar-refractivity contribution in [2.45, 2.75) is 26.2 Å². The topological polar surface area (TPSA) is 52.7 Å². The lowest BCUT2D eigenvalue weighted by atomic mass is 10.1. The van der Waals surface area contributed by atoms with Crippen LogP contribution in [0.15, 0.2) is 24.3 Å². The third-order valence-electron chi connectivity index (χ3n) is 4.60. The number of rotatable bonds is 5. The van der Waals surface area contributed by atoms with Crippen LogP contribution in [0.4, 0.5) is 5.69 Å². The zero-order chi connectivity index (χ0) is 16.2. The van der Waals surface area contributed by atoms with Crippen molar-refractivity contribution >= 4 is 17.5 Å². The van der Waals surface area contributed by atoms with Crippen molar-refractivity contribution in [2.75, 3.05) is 38.0 Å². The van der Waals surface area contributed by atoms with Gasteiger partial charge in [0.05, 0.1) is 0 Å². The molecule has 1 aromatic carbocycles. The second-order valence-electron chi connectivity index (χ2n) is 6.57. The van der Waals surface area contributed by atoms with Gasteiger partial charge in [-0.25, -0.2) is 0 Å². The lowest BCUT2D eigenvalue weighted by Crippen LogP contribution is -2.49. The predicted octanol–water partition coefficient (Wildman–Crippen LogP) is 1.74. The van der Waals surface area contributed by atoms with Gasteiger partial charge >= 0.3 is 0 Å². The van der Waals surface area contributed by atoms with Crippen molar-refractivity contribution in [1.82, 2.24) is 9.80 Å². The minimum atomic E-state index is -0.0450. The van der Waals surface area contributed by atoms with Gasteiger partial charge in [-0.15, -0.1) is 0 Å². The van der Waals surface area contributed by atoms with E-state index in [9.17, 15) is 9.59 Å². The average Bonchev–Trinajstić information content (AvgIpc) is 3.38. The maximum absolute atomic E-state index is 12.0. The van der Waals surface area contributed by atoms with Gasteiger partial charge in [-0.1, -0.05) is 12.1 Å². The number of hydrogen-bond donors (Lipinski definition) is 1. The molecule has 1 N–H and O–H groups in total. The number of amides is 2. The second kappa shape index (κ2) is 7.13. The number of nitrogens with one attached hydrogen (secondary N) is 1. The van der Waals surface area contributed by atoms with Crippen LogP contribution in [-0.2, 0) is 16.0 Å². The molecular formula is C18H25N3O2. The smallest absolute Gasteiger partial charge is 0.225 e. The van der Waals surface area contributed by atoms with E-state index in [4.69, 9.17) is 0 Å². The number of nitrogens with zero attached hydrogens (tertiary/aromatic N) is 2. The van der Waals surface area contributed by atoms with Crippen LogP contribution >= 0.6 is 0 Å². The van der Waals surface area contributed by atoms with Crippen molar-refractivity contribution in [1.29, 1.82) is 0 Å². The zero-order valence-corrected chi connectivity index (χ0v) is 13.8. The Bertz CT molecular complexity index is 558. The van der Waals surface area contributed by atoms with Gasteiger partial charge in [-0.05, 0) is 37.0 Å². The summed E-state index contributed by atoms with van der Waals surface area (Å²) in [6, 6.07) is 8.03. The summed E-state index contributed by atoms with van der Waals surface area (Å²) in [6.45, 7) is 6.23. The molecule has 0 unspecified atom stereocenters. The van der Waals surface area contributed by atoms with E-state index in [1.807, 2.05) is 17.0 Å². The van der Waals surface area contributed by atoms with E-state index in [2.05, 4.69) is 22.3 Å². The minimum Gasteiger partial charge on any atom is -0.340 e. The number of anilines is 1. The van der Waals surface area contributed by atoms with Gasteiger partial charge in [0.1, 0.15) is 0 Å². The molecule has 0 aromatic heterocycles. The molecule has 1 aromatic rings. The van der Waals surface area contributed by atoms with Crippen LogP contribution in [0.1, 0.15) is 25.3 Å². The first kappa shape index (κ1) is 16.0. The summed E-state index contributed by atoms with van der Waals surface area (Å²) in [7, 11) is 0. The number of benzene rings is 1. The molecule has 1 aliphatic heterocycles. The monoisotopic (exact) mass is 315 g/mol. The van der Waals surface area contributed by atoms with Crippen LogP contribution in [0, 0.1) is 5.92 Å². The maximum Gasteiger partial charge on any atom is 0.225 e. The second-order valence-corrected chi connectivity index (χ2v) is 6.57. The highest BCUT2D eigenvalue weighted by atomic mass is 16.2. The molecular weight excluding hydrogens is 290 g/mol. The Morgan fingerprint density at radius 1 is 1.09 bits per heavy atom. The lowest BCUT2D eigenvalue weighted by Gasteiger charge is -2.34. The summed E-state index contributed by atoms with van der Waals surface area (Å²) < 4.78 is 0. The standard InChI is InChI=1S/C18H25N3O2/c1-14(22)19-17-6-2-15(3-7-17)8-9-20-10-12-21(13-11-20)18(23)16-4-5-16/h2-3,6-7,16H,4-5,8-13H2,1H3,(H,19,22). The first-order valence-electron chi connectivity index (χ1n) is 8.49. The van der Waals surface area contributed by atoms with Crippen LogP contribution in [-0.4, -0.2) is 54.3 Å². The third kappa shape index (κ3) is 4.55. The van der Waals surface area contributed by atoms with Gasteiger partial charge in [-0.2, -0.15) is 0 Å². The summed E-state index contributed by atoms with van der Waals surface area (Å²) in [4.78, 5) is 27.5. The molecule has 3 rings (SSSR count). The van der Waals surface area contributed by atoms with E-state index in [-0.39, 0.29) is 5.91 Å². The van der Waals surface area contributed by atoms with Crippen molar-refractivity contribution in [2.24, 2.45) is 5.92 Å². The van der Waals surface area contributed by atoms with Crippen LogP contribution in [0.3, 0.4) is 0 Å². The zero-order valence-electron chi connectivity index (χ0n) is 13.8. The average molecular weight is 315 g/mol. The molecule has 0 radical (unpaired) electrons. The fourth-order valence-electron chi connectivity index (χ4n) is 3.03. The van der Waals surface area contributed by atoms with Gasteiger partial charge in [0.2, 0.25) is 11.8 Å². The van der Waals surface area contributed by atoms with Crippen molar-refractivity contribution in [3.8, 4) is 0 Å². The molecule has 0 bridgehead atoms. The predicted molar refractivity (Wildman–Crippen MR) is 90.2 cm³/mol. The van der Waals surface area contributed by atoms with Gasteiger partial charge < -0.3 is 10.2 Å². The minimum absolute atomic E-state index is 0.0450. The van der Waals surface area contributed by atoms with E-state index < -0.39 is 0 Å². The normalized spacial score (nSPS) is 18.7. The van der Waals surface area contributed by atoms with E-state index in [0.29, 0.717) is 11.8 Å². The van der Waals surface area contributed by atoms with E-state index in [0.717, 1.165) is 57.7 Å². The summed E-state index contributed by atoms with van der Waals surface area (Å²) in [6.07, 6.45) is 3.18. The first-order valence-corrected chi connectivity index (χ1v) is 8.49. The molecule has 5 nitrogen and oxygen atoms in total. The summed E-state index contributed by atoms with van der Waals surface area (Å²) in [5.41, 5.74) is 2.11. The SMILES string of the molecule is CC(=O)Nc1ccc(CCN2CCN(C(=O)C3CC3)CC2)cc1. The molecule has 2 fully saturated rings. The van der Waals surface area contributed by atoms with Crippen LogP contribution in [0.25, 0.3) is 0 Å². The van der Waals surface area contributed by atoms with Crippen molar-refractivity contribution in [3.63, 3.8) is 0 Å². The first-order chi connectivity index (χ1) is 11.1. The lowest BCUT2D eigenvalue weighted by molar-refractivity contribution is -0.134. The molecule has 1 aliphatic carbocycles. The van der Waals surface area contributed by atoms with Crippen molar-refractivity contribution in [3.05, 3.63) is 29.8 Å². The maximum atomic E-state index is 12.0. The fraction of sp³-hybridized carbons (Fsp3) is 0.556. The number of carbonyl (C=O) groups excluding carboxylic acids is 2. The van der Waals surface area contributed by atoms with Gasteiger partial charge in [-0.3, -0.25) is 14.5 Å². The van der Waals surface area contributed by atoms with Crippen LogP contribution < -0.4 is 5.32 Å². The molecule has 2 amide bonds. The molecule has 1 saturated heterocycles. The number of piperazine rings is 1. The Balaban J connectivity index is 1.40. The van der Waals surface area contributed by atoms with Crippen LogP contribution in [0.5, 0.6) is 0 Å². The van der Waals surface area contributed by atoms with Gasteiger partial charge in [0.25, 0.3) is 0 Å². The number of hydrogen-bond acceptors (Lipinski definition) is 3. The molecule has 1 heterocycles. The highest BCUT2D eigenvalue weighted by molar-refractivity contribution is 5.88. The molecule has 23 heavy (non-hydrogen) atoms. The summed E-state index contributed by atoms with van der Waals surface area (Å²) >= 11 is 0. The summed E-state index contributed by atoms with van der Waals surface area (Å²) in [5.74, 6) is 0.665. The highest BCUT2D eigenvalue weighted by Crippen LogP contribution is 2.31. The van der Waals surface area contributed by atoms with E-state index in [1.165, 1.54) is 12.5 Å². The molecule has 0 atom stereocenters. The molecule has 124 valence electrons. The molecule has 2 aliphatic rings. The Kier molecular flexibility index (Phi) is 4.96. The molecule has 5 heteroatoms. The van der Waals surface area contributed by atoms with E-state index in [1.54, 1.807) is 0 Å². The Morgan fingerprint density at radius 3 is 2.30 bits per heavy atom. The Morgan fingerprint density at radius 2 is 1.74 bits per heavy atom. The highest BCUT2D eigenvalue weighted by Gasteiger charge is 2.34. The Labute approximate surface area is 137 Å².